The zero-order valence-electron chi connectivity index (χ0n) is 44.4. The summed E-state index contributed by atoms with van der Waals surface area (Å²) in [6.07, 6.45) is -19.6. The van der Waals surface area contributed by atoms with E-state index in [1.165, 1.54) is 6.92 Å². The summed E-state index contributed by atoms with van der Waals surface area (Å²) in [4.78, 5) is 0. The van der Waals surface area contributed by atoms with Gasteiger partial charge in [0.05, 0.1) is 44.2 Å². The molecule has 21 nitrogen and oxygen atoms in total. The van der Waals surface area contributed by atoms with E-state index in [-0.39, 0.29) is 46.5 Å². The van der Waals surface area contributed by atoms with Gasteiger partial charge in [-0.15, -0.1) is 0 Å². The predicted octanol–water partition coefficient (Wildman–Crippen LogP) is -0.534. The number of fused-ring (bicyclic) bond motifs is 5. The van der Waals surface area contributed by atoms with E-state index in [0.29, 0.717) is 19.3 Å². The summed E-state index contributed by atoms with van der Waals surface area (Å²) in [6, 6.07) is 0. The van der Waals surface area contributed by atoms with Crippen molar-refractivity contribution in [1.29, 1.82) is 0 Å². The fraction of sp³-hybridized carbons (Fsp3) is 0.962. The van der Waals surface area contributed by atoms with Crippen LogP contribution in [0.1, 0.15) is 120 Å². The Balaban J connectivity index is 1.03. The largest absolute Gasteiger partial charge is 0.394 e. The third kappa shape index (κ3) is 10.4. The molecule has 0 aromatic carbocycles. The van der Waals surface area contributed by atoms with Crippen LogP contribution in [0.15, 0.2) is 11.6 Å². The molecule has 28 atom stereocenters. The van der Waals surface area contributed by atoms with Gasteiger partial charge in [-0.3, -0.25) is 0 Å². The lowest BCUT2D eigenvalue weighted by Crippen LogP contribution is -2.67. The molecule has 0 aromatic rings. The molecule has 0 radical (unpaired) electrons. The van der Waals surface area contributed by atoms with E-state index in [1.54, 1.807) is 0 Å². The average molecular weight is 1060 g/mol. The highest BCUT2D eigenvalue weighted by Gasteiger charge is 2.70. The smallest absolute Gasteiger partial charge is 0.187 e. The normalized spacial score (nSPS) is 52.3. The summed E-state index contributed by atoms with van der Waals surface area (Å²) in [5, 5.41) is 141. The van der Waals surface area contributed by atoms with Crippen LogP contribution < -0.4 is 0 Å². The number of rotatable bonds is 15. The molecule has 0 aromatic heterocycles. The summed E-state index contributed by atoms with van der Waals surface area (Å²) >= 11 is 0. The van der Waals surface area contributed by atoms with Crippen LogP contribution >= 0.6 is 0 Å². The average Bonchev–Trinajstić information content (AvgIpc) is 3.72. The van der Waals surface area contributed by atoms with Gasteiger partial charge in [0.2, 0.25) is 0 Å². The van der Waals surface area contributed by atoms with Crippen LogP contribution in [0.25, 0.3) is 0 Å². The first-order valence-electron chi connectivity index (χ1n) is 27.2. The maximum absolute atomic E-state index is 12.9. The Kier molecular flexibility index (Phi) is 17.9. The van der Waals surface area contributed by atoms with Crippen molar-refractivity contribution >= 4 is 0 Å². The monoisotopic (exact) mass is 1060 g/mol. The van der Waals surface area contributed by atoms with Crippen LogP contribution in [-0.4, -0.2) is 221 Å². The molecule has 13 N–H and O–H groups in total. The molecule has 4 saturated carbocycles. The highest BCUT2D eigenvalue weighted by atomic mass is 16.8. The van der Waals surface area contributed by atoms with Gasteiger partial charge in [0.1, 0.15) is 85.5 Å². The quantitative estimate of drug-likeness (QED) is 0.0724. The van der Waals surface area contributed by atoms with Crippen molar-refractivity contribution in [3.8, 4) is 0 Å². The molecule has 8 aliphatic rings. The molecular formula is C53H90O21. The van der Waals surface area contributed by atoms with Crippen molar-refractivity contribution < 1.29 is 104 Å². The molecular weight excluding hydrogens is 973 g/mol. The molecule has 74 heavy (non-hydrogen) atoms. The van der Waals surface area contributed by atoms with Gasteiger partial charge in [0, 0.05) is 0 Å². The van der Waals surface area contributed by atoms with E-state index < -0.39 is 154 Å². The van der Waals surface area contributed by atoms with Crippen LogP contribution in [0.5, 0.6) is 0 Å². The Morgan fingerprint density at radius 1 is 0.595 bits per heavy atom. The van der Waals surface area contributed by atoms with E-state index in [1.807, 2.05) is 13.8 Å². The Labute approximate surface area is 434 Å². The minimum absolute atomic E-state index is 0.129. The van der Waals surface area contributed by atoms with E-state index in [0.717, 1.165) is 50.5 Å². The number of allylic oxidation sites excluding steroid dienone is 2. The molecule has 4 saturated heterocycles. The first kappa shape index (κ1) is 59.0. The molecule has 4 heterocycles. The maximum Gasteiger partial charge on any atom is 0.187 e. The van der Waals surface area contributed by atoms with E-state index in [2.05, 4.69) is 40.7 Å². The van der Waals surface area contributed by atoms with Crippen molar-refractivity contribution in [2.45, 2.75) is 248 Å². The Morgan fingerprint density at radius 2 is 1.20 bits per heavy atom. The van der Waals surface area contributed by atoms with Gasteiger partial charge >= 0.3 is 0 Å². The van der Waals surface area contributed by atoms with Gasteiger partial charge in [-0.2, -0.15) is 0 Å². The number of ether oxygens (including phenoxy) is 8. The summed E-state index contributed by atoms with van der Waals surface area (Å²) < 4.78 is 49.2. The van der Waals surface area contributed by atoms with Crippen LogP contribution in [0.4, 0.5) is 0 Å². The highest BCUT2D eigenvalue weighted by molar-refractivity contribution is 5.19. The first-order chi connectivity index (χ1) is 34.7. The molecule has 0 bridgehead atoms. The van der Waals surface area contributed by atoms with Gasteiger partial charge in [-0.05, 0) is 130 Å². The standard InChI is InChI=1S/C53H90O21/c1-24(2)10-9-16-53(66,23-68-46-41(64)39(62)36(59)29(20-54)70-46)27-13-18-51(7)26(27)11-12-32-50(6)17-15-33(49(4,5)31(50)14-19-52(32,51)8)72-48-44(74-47-42(65)38(61)34(57)25(3)69-47)43(37(60)30(21-55)71-48)73-45-40(63)35(58)28(56)22-67-45/h10,25-48,54-66H,9,11-23H2,1-8H3/t25-,26-,27+,28-,29-,30+,31-,32+,33+,34-,35+,36-,37+,38+,39+,40-,41-,42-,43-,44+,45+,46-,47+,48-,50+,51+,52+,53+/m0/s1. The van der Waals surface area contributed by atoms with Crippen LogP contribution in [0.2, 0.25) is 0 Å². The van der Waals surface area contributed by atoms with Gasteiger partial charge < -0.3 is 104 Å². The van der Waals surface area contributed by atoms with E-state index in [9.17, 15) is 66.4 Å². The molecule has 4 aliphatic carbocycles. The van der Waals surface area contributed by atoms with E-state index >= 15 is 0 Å². The predicted molar refractivity (Wildman–Crippen MR) is 259 cm³/mol. The summed E-state index contributed by atoms with van der Waals surface area (Å²) in [5.41, 5.74) is -1.22. The first-order valence-corrected chi connectivity index (χ1v) is 27.2. The fourth-order valence-electron chi connectivity index (χ4n) is 16.0. The lowest BCUT2D eigenvalue weighted by atomic mass is 9.35. The lowest BCUT2D eigenvalue weighted by Gasteiger charge is -2.70. The molecule has 0 amide bonds. The second kappa shape index (κ2) is 22.4. The Morgan fingerprint density at radius 3 is 1.88 bits per heavy atom. The number of hydrogen-bond acceptors (Lipinski definition) is 21. The van der Waals surface area contributed by atoms with Gasteiger partial charge in [-0.1, -0.05) is 46.3 Å². The summed E-state index contributed by atoms with van der Waals surface area (Å²) in [5.74, 6) is 0.389. The Bertz CT molecular complexity index is 1910. The van der Waals surface area contributed by atoms with Crippen molar-refractivity contribution in [1.82, 2.24) is 0 Å². The second-order valence-electron chi connectivity index (χ2n) is 25.1. The molecule has 4 aliphatic heterocycles. The minimum Gasteiger partial charge on any atom is -0.394 e. The summed E-state index contributed by atoms with van der Waals surface area (Å²) in [6.45, 7) is 15.2. The van der Waals surface area contributed by atoms with Crippen molar-refractivity contribution in [3.05, 3.63) is 11.6 Å². The van der Waals surface area contributed by atoms with Crippen LogP contribution in [-0.2, 0) is 37.9 Å². The fourth-order valence-corrected chi connectivity index (χ4v) is 16.0. The SMILES string of the molecule is CC(C)=CCC[C@@](O)(CO[C@H]1O[C@@H](CO)[C@H](O)[C@@H](O)[C@@H]1O)[C@@H]1CC[C@]2(C)[C@H]1CC[C@@H]1[C@]3(C)CC[C@@H](O[C@@H]4O[C@H](CO)[C@@H](O)[C@H](O[C@H]5OC[C@H](O)[C@@H](O)[C@@H]5O)[C@H]4O[C@H]4O[C@@H](C)[C@H](O)[C@@H](O)[C@@H]4O)C(C)(C)[C@@H]3CC[C@]12C. The van der Waals surface area contributed by atoms with Crippen LogP contribution in [0, 0.1) is 45.3 Å². The van der Waals surface area contributed by atoms with Crippen molar-refractivity contribution in [3.63, 3.8) is 0 Å². The third-order valence-corrected chi connectivity index (χ3v) is 20.4. The van der Waals surface area contributed by atoms with E-state index in [4.69, 9.17) is 37.9 Å². The van der Waals surface area contributed by atoms with Crippen molar-refractivity contribution in [2.75, 3.05) is 26.4 Å². The lowest BCUT2D eigenvalue weighted by molar-refractivity contribution is -0.395. The van der Waals surface area contributed by atoms with Gasteiger partial charge in [0.25, 0.3) is 0 Å². The second-order valence-corrected chi connectivity index (χ2v) is 25.1. The number of hydrogen-bond donors (Lipinski definition) is 13. The minimum atomic E-state index is -1.78. The summed E-state index contributed by atoms with van der Waals surface area (Å²) in [7, 11) is 0. The molecule has 0 unspecified atom stereocenters. The topological polar surface area (TPSA) is 337 Å². The Hall–Kier alpha value is -1.10. The zero-order valence-corrected chi connectivity index (χ0v) is 44.4. The van der Waals surface area contributed by atoms with Crippen LogP contribution in [0.3, 0.4) is 0 Å². The maximum atomic E-state index is 12.9. The van der Waals surface area contributed by atoms with Crippen molar-refractivity contribution in [2.24, 2.45) is 45.3 Å². The molecule has 428 valence electrons. The van der Waals surface area contributed by atoms with Gasteiger partial charge in [-0.25, -0.2) is 0 Å². The molecule has 0 spiro atoms. The number of aliphatic hydroxyl groups excluding tert-OH is 12. The highest BCUT2D eigenvalue weighted by Crippen LogP contribution is 2.76. The molecule has 8 rings (SSSR count). The molecule has 21 heteroatoms. The third-order valence-electron chi connectivity index (χ3n) is 20.4. The number of aliphatic hydroxyl groups is 13. The van der Waals surface area contributed by atoms with Gasteiger partial charge in [0.15, 0.2) is 25.2 Å². The zero-order chi connectivity index (χ0) is 54.2. The molecule has 8 fully saturated rings.